The minimum absolute atomic E-state index is 0.234. The van der Waals surface area contributed by atoms with E-state index in [1.165, 1.54) is 7.11 Å². The maximum atomic E-state index is 11.6. The van der Waals surface area contributed by atoms with E-state index in [9.17, 15) is 14.4 Å². The fourth-order valence-corrected chi connectivity index (χ4v) is 1.65. The van der Waals surface area contributed by atoms with Crippen molar-refractivity contribution >= 4 is 18.2 Å². The van der Waals surface area contributed by atoms with E-state index in [1.807, 2.05) is 0 Å². The molecule has 0 atom stereocenters. The van der Waals surface area contributed by atoms with Gasteiger partial charge in [0.05, 0.1) is 33.5 Å². The molecule has 0 aromatic rings. The first kappa shape index (κ1) is 26.8. The average molecular weight is 424 g/mol. The molecular weight excluding hydrogens is 392 g/mol. The van der Waals surface area contributed by atoms with Crippen LogP contribution in [0.15, 0.2) is 0 Å². The van der Waals surface area contributed by atoms with Crippen molar-refractivity contribution in [2.24, 2.45) is 11.5 Å². The van der Waals surface area contributed by atoms with Crippen LogP contribution >= 0.6 is 0 Å². The second-order valence-corrected chi connectivity index (χ2v) is 5.36. The molecule has 0 aromatic heterocycles. The monoisotopic (exact) mass is 424 g/mol. The molecule has 6 N–H and O–H groups in total. The van der Waals surface area contributed by atoms with Crippen LogP contribution < -0.4 is 22.1 Å². The number of hydrogen-bond donors (Lipinski definition) is 4. The van der Waals surface area contributed by atoms with Gasteiger partial charge in [-0.05, 0) is 0 Å². The first-order chi connectivity index (χ1) is 14.0. The van der Waals surface area contributed by atoms with E-state index >= 15 is 0 Å². The summed E-state index contributed by atoms with van der Waals surface area (Å²) in [6.45, 7) is 1.69. The van der Waals surface area contributed by atoms with Crippen LogP contribution in [0.5, 0.6) is 0 Å². The number of ether oxygens (including phenoxy) is 6. The zero-order chi connectivity index (χ0) is 21.7. The topological polar surface area (TPSA) is 183 Å². The van der Waals surface area contributed by atoms with Crippen molar-refractivity contribution in [3.63, 3.8) is 0 Å². The average Bonchev–Trinajstić information content (AvgIpc) is 2.72. The molecule has 0 unspecified atom stereocenters. The number of methoxy groups -OCH3 is 1. The van der Waals surface area contributed by atoms with Crippen LogP contribution in [0.25, 0.3) is 0 Å². The Bertz CT molecular complexity index is 424. The number of nitrogens with one attached hydrogen (secondary N) is 2. The standard InChI is InChI=1S/C16H32N4O9/c1-24-14(21)12-27-13(10-28-15(22)19-4-8-25-6-2-17)11-29-16(23)20-5-9-26-7-3-18/h13H,2-12,17-18H2,1H3,(H,19,22)(H,20,23). The number of hydrogen-bond acceptors (Lipinski definition) is 11. The first-order valence-electron chi connectivity index (χ1n) is 9.08. The number of esters is 1. The summed E-state index contributed by atoms with van der Waals surface area (Å²) >= 11 is 0. The summed E-state index contributed by atoms with van der Waals surface area (Å²) in [7, 11) is 1.20. The molecular formula is C16H32N4O9. The van der Waals surface area contributed by atoms with Crippen LogP contribution in [-0.4, -0.2) is 104 Å². The van der Waals surface area contributed by atoms with Gasteiger partial charge in [0.25, 0.3) is 0 Å². The Morgan fingerprint density at radius 1 is 0.828 bits per heavy atom. The molecule has 170 valence electrons. The Morgan fingerprint density at radius 2 is 1.31 bits per heavy atom. The second-order valence-electron chi connectivity index (χ2n) is 5.36. The minimum atomic E-state index is -0.868. The third-order valence-electron chi connectivity index (χ3n) is 3.02. The highest BCUT2D eigenvalue weighted by Crippen LogP contribution is 1.98. The van der Waals surface area contributed by atoms with Crippen molar-refractivity contribution in [3.05, 3.63) is 0 Å². The summed E-state index contributed by atoms with van der Waals surface area (Å²) in [5, 5.41) is 4.93. The fourth-order valence-electron chi connectivity index (χ4n) is 1.65. The number of nitrogens with two attached hydrogens (primary N) is 2. The lowest BCUT2D eigenvalue weighted by molar-refractivity contribution is -0.149. The van der Waals surface area contributed by atoms with Crippen LogP contribution in [0.3, 0.4) is 0 Å². The van der Waals surface area contributed by atoms with Gasteiger partial charge in [-0.25, -0.2) is 14.4 Å². The van der Waals surface area contributed by atoms with Gasteiger partial charge in [0.15, 0.2) is 0 Å². The Labute approximate surface area is 169 Å². The van der Waals surface area contributed by atoms with E-state index in [0.29, 0.717) is 26.3 Å². The predicted molar refractivity (Wildman–Crippen MR) is 100 cm³/mol. The van der Waals surface area contributed by atoms with Gasteiger partial charge in [-0.3, -0.25) is 0 Å². The van der Waals surface area contributed by atoms with E-state index in [0.717, 1.165) is 0 Å². The number of rotatable bonds is 17. The van der Waals surface area contributed by atoms with Crippen LogP contribution in [0.4, 0.5) is 9.59 Å². The summed E-state index contributed by atoms with van der Waals surface area (Å²) < 4.78 is 29.9. The Hall–Kier alpha value is -2.19. The molecule has 2 amide bonds. The molecule has 0 saturated carbocycles. The highest BCUT2D eigenvalue weighted by molar-refractivity contribution is 5.70. The minimum Gasteiger partial charge on any atom is -0.467 e. The van der Waals surface area contributed by atoms with Gasteiger partial charge < -0.3 is 50.5 Å². The molecule has 0 fully saturated rings. The molecule has 29 heavy (non-hydrogen) atoms. The highest BCUT2D eigenvalue weighted by Gasteiger charge is 2.17. The Kier molecular flexibility index (Phi) is 17.7. The molecule has 13 heteroatoms. The Morgan fingerprint density at radius 3 is 1.72 bits per heavy atom. The van der Waals surface area contributed by atoms with Crippen LogP contribution in [0.1, 0.15) is 0 Å². The number of carbonyl (C=O) groups excluding carboxylic acids is 3. The molecule has 0 aliphatic rings. The van der Waals surface area contributed by atoms with Gasteiger partial charge in [-0.2, -0.15) is 0 Å². The Balaban J connectivity index is 4.17. The SMILES string of the molecule is COC(=O)COC(COC(=O)NCCOCCN)COC(=O)NCCOCCN. The first-order valence-corrected chi connectivity index (χ1v) is 9.08. The summed E-state index contributed by atoms with van der Waals surface area (Å²) in [6, 6.07) is 0. The summed E-state index contributed by atoms with van der Waals surface area (Å²) in [6.07, 6.45) is -2.29. The van der Waals surface area contributed by atoms with Crippen molar-refractivity contribution in [1.29, 1.82) is 0 Å². The maximum absolute atomic E-state index is 11.6. The van der Waals surface area contributed by atoms with Gasteiger partial charge in [-0.1, -0.05) is 0 Å². The lowest BCUT2D eigenvalue weighted by Gasteiger charge is -2.18. The van der Waals surface area contributed by atoms with Crippen LogP contribution in [0.2, 0.25) is 0 Å². The van der Waals surface area contributed by atoms with Crippen molar-refractivity contribution in [3.8, 4) is 0 Å². The normalized spacial score (nSPS) is 10.5. The van der Waals surface area contributed by atoms with E-state index < -0.39 is 30.9 Å². The van der Waals surface area contributed by atoms with Crippen molar-refractivity contribution in [2.45, 2.75) is 6.10 Å². The fraction of sp³-hybridized carbons (Fsp3) is 0.812. The summed E-state index contributed by atoms with van der Waals surface area (Å²) in [4.78, 5) is 34.5. The highest BCUT2D eigenvalue weighted by atomic mass is 16.6. The van der Waals surface area contributed by atoms with Gasteiger partial charge in [-0.15, -0.1) is 0 Å². The molecule has 0 bridgehead atoms. The number of amides is 2. The molecule has 0 rings (SSSR count). The zero-order valence-corrected chi connectivity index (χ0v) is 16.7. The number of alkyl carbamates (subject to hydrolysis) is 2. The molecule has 0 spiro atoms. The third-order valence-corrected chi connectivity index (χ3v) is 3.02. The molecule has 0 aromatic carbocycles. The smallest absolute Gasteiger partial charge is 0.407 e. The van der Waals surface area contributed by atoms with Crippen molar-refractivity contribution in [2.75, 3.05) is 79.5 Å². The number of carbonyl (C=O) groups is 3. The van der Waals surface area contributed by atoms with Gasteiger partial charge in [0.2, 0.25) is 0 Å². The summed E-state index contributed by atoms with van der Waals surface area (Å²) in [5.74, 6) is -0.627. The van der Waals surface area contributed by atoms with Gasteiger partial charge in [0.1, 0.15) is 25.9 Å². The van der Waals surface area contributed by atoms with Gasteiger partial charge in [0, 0.05) is 26.2 Å². The third kappa shape index (κ3) is 17.6. The molecule has 0 aliphatic heterocycles. The predicted octanol–water partition coefficient (Wildman–Crippen LogP) is -2.05. The van der Waals surface area contributed by atoms with Crippen LogP contribution in [0, 0.1) is 0 Å². The van der Waals surface area contributed by atoms with E-state index in [2.05, 4.69) is 15.4 Å². The van der Waals surface area contributed by atoms with Crippen molar-refractivity contribution in [1.82, 2.24) is 10.6 Å². The molecule has 0 aliphatic carbocycles. The maximum Gasteiger partial charge on any atom is 0.407 e. The van der Waals surface area contributed by atoms with Gasteiger partial charge >= 0.3 is 18.2 Å². The van der Waals surface area contributed by atoms with Crippen molar-refractivity contribution < 1.29 is 42.8 Å². The lowest BCUT2D eigenvalue weighted by atomic mass is 10.4. The van der Waals surface area contributed by atoms with E-state index in [4.69, 9.17) is 35.2 Å². The quantitative estimate of drug-likeness (QED) is 0.114. The van der Waals surface area contributed by atoms with E-state index in [-0.39, 0.29) is 39.5 Å². The summed E-state index contributed by atoms with van der Waals surface area (Å²) in [5.41, 5.74) is 10.5. The van der Waals surface area contributed by atoms with E-state index in [1.54, 1.807) is 0 Å². The lowest BCUT2D eigenvalue weighted by Crippen LogP contribution is -2.36. The molecule has 0 saturated heterocycles. The van der Waals surface area contributed by atoms with Crippen LogP contribution in [-0.2, 0) is 33.2 Å². The molecule has 0 radical (unpaired) electrons. The molecule has 13 nitrogen and oxygen atoms in total. The second kappa shape index (κ2) is 19.1. The largest absolute Gasteiger partial charge is 0.467 e. The zero-order valence-electron chi connectivity index (χ0n) is 16.7. The molecule has 0 heterocycles.